The largest absolute Gasteiger partial charge is 0.338 e. The van der Waals surface area contributed by atoms with Crippen molar-refractivity contribution in [2.45, 2.75) is 44.7 Å². The second kappa shape index (κ2) is 5.12. The molecule has 3 rings (SSSR count). The summed E-state index contributed by atoms with van der Waals surface area (Å²) in [7, 11) is 0. The molecule has 5 heteroatoms. The standard InChI is InChI=1S/C14H23N3O2/c1-2-17(10-5-6-10)13(18)9-16-8-12-11(14(16)19)4-3-7-15-12/h10-12,15H,2-9H2,1H3. The molecule has 3 aliphatic rings. The van der Waals surface area contributed by atoms with E-state index in [4.69, 9.17) is 0 Å². The van der Waals surface area contributed by atoms with Crippen molar-refractivity contribution in [1.82, 2.24) is 15.1 Å². The molecule has 2 heterocycles. The summed E-state index contributed by atoms with van der Waals surface area (Å²) < 4.78 is 0. The number of nitrogens with zero attached hydrogens (tertiary/aromatic N) is 2. The van der Waals surface area contributed by atoms with Crippen LogP contribution < -0.4 is 5.32 Å². The van der Waals surface area contributed by atoms with Gasteiger partial charge in [-0.25, -0.2) is 0 Å². The summed E-state index contributed by atoms with van der Waals surface area (Å²) in [5, 5.41) is 3.41. The molecule has 0 radical (unpaired) electrons. The van der Waals surface area contributed by atoms with Crippen molar-refractivity contribution in [2.24, 2.45) is 5.92 Å². The van der Waals surface area contributed by atoms with Gasteiger partial charge in [-0.1, -0.05) is 0 Å². The molecule has 0 spiro atoms. The highest BCUT2D eigenvalue weighted by molar-refractivity contribution is 5.88. The maximum atomic E-state index is 12.3. The van der Waals surface area contributed by atoms with Gasteiger partial charge in [-0.3, -0.25) is 9.59 Å². The number of amides is 2. The van der Waals surface area contributed by atoms with Crippen LogP contribution in [0.2, 0.25) is 0 Å². The molecule has 19 heavy (non-hydrogen) atoms. The Kier molecular flexibility index (Phi) is 3.48. The van der Waals surface area contributed by atoms with Gasteiger partial charge < -0.3 is 15.1 Å². The SMILES string of the molecule is CCN(C(=O)CN1CC2NCCCC2C1=O)C1CC1. The van der Waals surface area contributed by atoms with E-state index in [9.17, 15) is 9.59 Å². The summed E-state index contributed by atoms with van der Waals surface area (Å²) in [5.41, 5.74) is 0. The first-order valence-electron chi connectivity index (χ1n) is 7.52. The van der Waals surface area contributed by atoms with E-state index in [-0.39, 0.29) is 30.3 Å². The Morgan fingerprint density at radius 1 is 1.42 bits per heavy atom. The summed E-state index contributed by atoms with van der Waals surface area (Å²) in [6.45, 7) is 4.76. The number of carbonyl (C=O) groups excluding carboxylic acids is 2. The fourth-order valence-corrected chi connectivity index (χ4v) is 3.42. The van der Waals surface area contributed by atoms with Crippen molar-refractivity contribution in [3.05, 3.63) is 0 Å². The predicted octanol–water partition coefficient (Wildman–Crippen LogP) is 0.208. The third-order valence-electron chi connectivity index (χ3n) is 4.60. The number of hydrogen-bond acceptors (Lipinski definition) is 3. The molecule has 1 aliphatic carbocycles. The molecule has 0 aromatic heterocycles. The first kappa shape index (κ1) is 12.9. The number of nitrogens with one attached hydrogen (secondary N) is 1. The smallest absolute Gasteiger partial charge is 0.242 e. The molecule has 106 valence electrons. The Labute approximate surface area is 114 Å². The summed E-state index contributed by atoms with van der Waals surface area (Å²) in [6, 6.07) is 0.709. The van der Waals surface area contributed by atoms with Crippen LogP contribution >= 0.6 is 0 Å². The molecule has 0 aromatic rings. The molecule has 5 nitrogen and oxygen atoms in total. The van der Waals surface area contributed by atoms with Crippen molar-refractivity contribution in [2.75, 3.05) is 26.2 Å². The minimum absolute atomic E-state index is 0.109. The first-order chi connectivity index (χ1) is 9.20. The van der Waals surface area contributed by atoms with Gasteiger partial charge in [0.2, 0.25) is 11.8 Å². The monoisotopic (exact) mass is 265 g/mol. The van der Waals surface area contributed by atoms with Crippen LogP contribution in [0.1, 0.15) is 32.6 Å². The second-order valence-corrected chi connectivity index (χ2v) is 5.94. The maximum absolute atomic E-state index is 12.3. The zero-order chi connectivity index (χ0) is 13.4. The van der Waals surface area contributed by atoms with Crippen LogP contribution in [-0.4, -0.2) is 59.9 Å². The van der Waals surface area contributed by atoms with E-state index in [1.807, 2.05) is 11.8 Å². The number of piperidine rings is 1. The first-order valence-corrected chi connectivity index (χ1v) is 7.52. The maximum Gasteiger partial charge on any atom is 0.242 e. The topological polar surface area (TPSA) is 52.7 Å². The van der Waals surface area contributed by atoms with Gasteiger partial charge in [0.05, 0.1) is 12.5 Å². The highest BCUT2D eigenvalue weighted by Gasteiger charge is 2.42. The van der Waals surface area contributed by atoms with Gasteiger partial charge in [0.1, 0.15) is 0 Å². The van der Waals surface area contributed by atoms with Gasteiger partial charge in [-0.15, -0.1) is 0 Å². The van der Waals surface area contributed by atoms with Crippen LogP contribution in [0.5, 0.6) is 0 Å². The van der Waals surface area contributed by atoms with E-state index >= 15 is 0 Å². The number of fused-ring (bicyclic) bond motifs is 1. The average molecular weight is 265 g/mol. The Balaban J connectivity index is 1.60. The fourth-order valence-electron chi connectivity index (χ4n) is 3.42. The summed E-state index contributed by atoms with van der Waals surface area (Å²) in [4.78, 5) is 28.3. The van der Waals surface area contributed by atoms with Crippen molar-refractivity contribution in [3.8, 4) is 0 Å². The molecule has 2 aliphatic heterocycles. The summed E-state index contributed by atoms with van der Waals surface area (Å²) in [5.74, 6) is 0.409. The third kappa shape index (κ3) is 2.48. The minimum atomic E-state index is 0.109. The highest BCUT2D eigenvalue weighted by Crippen LogP contribution is 2.28. The van der Waals surface area contributed by atoms with Crippen molar-refractivity contribution < 1.29 is 9.59 Å². The van der Waals surface area contributed by atoms with Gasteiger partial charge in [0.15, 0.2) is 0 Å². The van der Waals surface area contributed by atoms with Crippen molar-refractivity contribution in [1.29, 1.82) is 0 Å². The van der Waals surface area contributed by atoms with Gasteiger partial charge in [0.25, 0.3) is 0 Å². The van der Waals surface area contributed by atoms with Crippen LogP contribution in [0.3, 0.4) is 0 Å². The lowest BCUT2D eigenvalue weighted by Crippen LogP contribution is -2.43. The van der Waals surface area contributed by atoms with Gasteiger partial charge in [0, 0.05) is 25.2 Å². The molecule has 1 N–H and O–H groups in total. The zero-order valence-corrected chi connectivity index (χ0v) is 11.6. The van der Waals surface area contributed by atoms with Crippen molar-refractivity contribution in [3.63, 3.8) is 0 Å². The molecular weight excluding hydrogens is 242 g/mol. The Hall–Kier alpha value is -1.10. The van der Waals surface area contributed by atoms with E-state index in [2.05, 4.69) is 5.32 Å². The van der Waals surface area contributed by atoms with E-state index in [0.717, 1.165) is 38.8 Å². The van der Waals surface area contributed by atoms with Crippen LogP contribution in [0.15, 0.2) is 0 Å². The van der Waals surface area contributed by atoms with Gasteiger partial charge in [-0.2, -0.15) is 0 Å². The Morgan fingerprint density at radius 2 is 2.21 bits per heavy atom. The van der Waals surface area contributed by atoms with Crippen LogP contribution in [0.25, 0.3) is 0 Å². The second-order valence-electron chi connectivity index (χ2n) is 5.94. The lowest BCUT2D eigenvalue weighted by molar-refractivity contribution is -0.140. The lowest BCUT2D eigenvalue weighted by atomic mass is 9.94. The number of rotatable bonds is 4. The molecule has 0 aromatic carbocycles. The molecule has 2 atom stereocenters. The van der Waals surface area contributed by atoms with Gasteiger partial charge in [-0.05, 0) is 39.2 Å². The molecule has 2 saturated heterocycles. The number of likely N-dealkylation sites (N-methyl/N-ethyl adjacent to an activating group) is 1. The summed E-state index contributed by atoms with van der Waals surface area (Å²) >= 11 is 0. The average Bonchev–Trinajstić information content (AvgIpc) is 3.18. The third-order valence-corrected chi connectivity index (χ3v) is 4.60. The molecule has 1 saturated carbocycles. The van der Waals surface area contributed by atoms with Crippen LogP contribution in [0.4, 0.5) is 0 Å². The van der Waals surface area contributed by atoms with Gasteiger partial charge >= 0.3 is 0 Å². The number of hydrogen-bond donors (Lipinski definition) is 1. The predicted molar refractivity (Wildman–Crippen MR) is 71.5 cm³/mol. The molecule has 2 amide bonds. The molecule has 0 bridgehead atoms. The normalized spacial score (nSPS) is 30.4. The number of likely N-dealkylation sites (tertiary alicyclic amines) is 1. The Morgan fingerprint density at radius 3 is 2.84 bits per heavy atom. The van der Waals surface area contributed by atoms with E-state index in [1.165, 1.54) is 0 Å². The quantitative estimate of drug-likeness (QED) is 0.790. The molecule has 3 fully saturated rings. The van der Waals surface area contributed by atoms with Crippen LogP contribution in [-0.2, 0) is 9.59 Å². The highest BCUT2D eigenvalue weighted by atomic mass is 16.2. The van der Waals surface area contributed by atoms with E-state index < -0.39 is 0 Å². The molecule has 2 unspecified atom stereocenters. The van der Waals surface area contributed by atoms with E-state index in [0.29, 0.717) is 12.6 Å². The summed E-state index contributed by atoms with van der Waals surface area (Å²) in [6.07, 6.45) is 4.29. The number of carbonyl (C=O) groups is 2. The van der Waals surface area contributed by atoms with E-state index in [1.54, 1.807) is 4.90 Å². The minimum Gasteiger partial charge on any atom is -0.338 e. The molecular formula is C14H23N3O2. The fraction of sp³-hybridized carbons (Fsp3) is 0.857. The van der Waals surface area contributed by atoms with Crippen LogP contribution in [0, 0.1) is 5.92 Å². The van der Waals surface area contributed by atoms with Crippen molar-refractivity contribution >= 4 is 11.8 Å². The lowest BCUT2D eigenvalue weighted by Gasteiger charge is -2.24. The Bertz CT molecular complexity index is 381. The zero-order valence-electron chi connectivity index (χ0n) is 11.6.